The van der Waals surface area contributed by atoms with Crippen molar-refractivity contribution in [1.29, 1.82) is 0 Å². The Morgan fingerprint density at radius 2 is 2.04 bits per heavy atom. The molecule has 0 spiro atoms. The number of hydrogen-bond acceptors (Lipinski definition) is 6. The highest BCUT2D eigenvalue weighted by Crippen LogP contribution is 2.24. The van der Waals surface area contributed by atoms with E-state index in [0.717, 1.165) is 5.56 Å². The molecule has 8 nitrogen and oxygen atoms in total. The molecule has 0 aliphatic heterocycles. The fraction of sp³-hybridized carbons (Fsp3) is 0.250. The van der Waals surface area contributed by atoms with Crippen LogP contribution in [0.5, 0.6) is 0 Å². The number of benzene rings is 1. The van der Waals surface area contributed by atoms with Crippen LogP contribution in [-0.4, -0.2) is 31.2 Å². The first-order valence-electron chi connectivity index (χ1n) is 7.48. The summed E-state index contributed by atoms with van der Waals surface area (Å²) in [6, 6.07) is 12.8. The normalized spacial score (nSPS) is 13.6. The first-order valence-corrected chi connectivity index (χ1v) is 7.48. The molecular weight excluding hydrogens is 310 g/mol. The van der Waals surface area contributed by atoms with Crippen LogP contribution < -0.4 is 5.32 Å². The lowest BCUT2D eigenvalue weighted by Crippen LogP contribution is -2.24. The second-order valence-corrected chi connectivity index (χ2v) is 5.68. The van der Waals surface area contributed by atoms with Crippen molar-refractivity contribution in [3.63, 3.8) is 0 Å². The molecule has 0 fully saturated rings. The topological polar surface area (TPSA) is 106 Å². The largest absolute Gasteiger partial charge is 0.385 e. The molecule has 0 amide bonds. The third-order valence-electron chi connectivity index (χ3n) is 3.84. The molecule has 0 saturated carbocycles. The van der Waals surface area contributed by atoms with Gasteiger partial charge in [0.05, 0.1) is 5.60 Å². The van der Waals surface area contributed by atoms with Crippen molar-refractivity contribution in [2.24, 2.45) is 0 Å². The lowest BCUT2D eigenvalue weighted by Gasteiger charge is -2.23. The van der Waals surface area contributed by atoms with Crippen molar-refractivity contribution < 1.29 is 10.0 Å². The Hall–Kier alpha value is -3.00. The van der Waals surface area contributed by atoms with Gasteiger partial charge >= 0.3 is 5.82 Å². The molecule has 1 aromatic carbocycles. The van der Waals surface area contributed by atoms with Crippen molar-refractivity contribution in [2.75, 3.05) is 11.9 Å². The van der Waals surface area contributed by atoms with Gasteiger partial charge in [-0.1, -0.05) is 39.9 Å². The summed E-state index contributed by atoms with van der Waals surface area (Å²) in [5.41, 5.74) is 0.267. The van der Waals surface area contributed by atoms with Crippen molar-refractivity contribution in [2.45, 2.75) is 18.9 Å². The zero-order chi connectivity index (χ0) is 17.2. The predicted octanol–water partition coefficient (Wildman–Crippen LogP) is 2.35. The number of aromatic nitrogens is 3. The van der Waals surface area contributed by atoms with Crippen molar-refractivity contribution in [3.05, 3.63) is 64.3 Å². The number of nitrogens with one attached hydrogen (secondary N) is 1. The third kappa shape index (κ3) is 3.18. The molecule has 0 radical (unpaired) electrons. The molecule has 1 atom stereocenters. The van der Waals surface area contributed by atoms with Crippen LogP contribution in [0.4, 0.5) is 11.6 Å². The molecule has 0 aliphatic carbocycles. The van der Waals surface area contributed by atoms with Gasteiger partial charge in [-0.25, -0.2) is 4.98 Å². The van der Waals surface area contributed by atoms with Crippen LogP contribution >= 0.6 is 0 Å². The Morgan fingerprint density at radius 1 is 1.29 bits per heavy atom. The molecule has 0 aliphatic rings. The Bertz CT molecular complexity index is 861. The highest BCUT2D eigenvalue weighted by Gasteiger charge is 2.22. The quantitative estimate of drug-likeness (QED) is 0.532. The Balaban J connectivity index is 1.70. The van der Waals surface area contributed by atoms with Crippen LogP contribution in [-0.2, 0) is 5.60 Å². The standard InChI is InChI=1S/C16H17N5O3/c1-16(22,12-5-3-2-4-6-12)9-10-17-13-7-8-14-18-11-15(21(23)24)20(14)19-13/h2-8,11,22H,9-10H2,1H3,(H,17,19). The van der Waals surface area contributed by atoms with E-state index in [2.05, 4.69) is 15.4 Å². The maximum absolute atomic E-state index is 10.9. The number of rotatable bonds is 6. The van der Waals surface area contributed by atoms with Gasteiger partial charge in [-0.05, 0) is 29.9 Å². The number of nitro groups is 1. The lowest BCUT2D eigenvalue weighted by atomic mass is 9.93. The molecule has 2 N–H and O–H groups in total. The average molecular weight is 327 g/mol. The van der Waals surface area contributed by atoms with Gasteiger partial charge in [0.15, 0.2) is 5.82 Å². The summed E-state index contributed by atoms with van der Waals surface area (Å²) in [4.78, 5) is 14.3. The molecule has 0 saturated heterocycles. The van der Waals surface area contributed by atoms with Crippen LogP contribution in [0, 0.1) is 10.1 Å². The summed E-state index contributed by atoms with van der Waals surface area (Å²) in [7, 11) is 0. The maximum Gasteiger partial charge on any atom is 0.368 e. The number of anilines is 1. The summed E-state index contributed by atoms with van der Waals surface area (Å²) in [6.45, 7) is 2.21. The van der Waals surface area contributed by atoms with Gasteiger partial charge in [-0.3, -0.25) is 0 Å². The molecule has 124 valence electrons. The summed E-state index contributed by atoms with van der Waals surface area (Å²) in [6.07, 6.45) is 1.63. The van der Waals surface area contributed by atoms with Gasteiger partial charge in [0.25, 0.3) is 0 Å². The number of hydrogen-bond donors (Lipinski definition) is 2. The first kappa shape index (κ1) is 15.9. The molecule has 2 aromatic heterocycles. The minimum atomic E-state index is -0.973. The number of imidazole rings is 1. The Kier molecular flexibility index (Phi) is 4.13. The van der Waals surface area contributed by atoms with Crippen LogP contribution in [0.25, 0.3) is 5.65 Å². The van der Waals surface area contributed by atoms with Crippen molar-refractivity contribution in [1.82, 2.24) is 14.6 Å². The second-order valence-electron chi connectivity index (χ2n) is 5.68. The van der Waals surface area contributed by atoms with Gasteiger partial charge in [0.2, 0.25) is 5.65 Å². The lowest BCUT2D eigenvalue weighted by molar-refractivity contribution is -0.391. The fourth-order valence-electron chi connectivity index (χ4n) is 2.46. The maximum atomic E-state index is 10.9. The van der Waals surface area contributed by atoms with E-state index >= 15 is 0 Å². The van der Waals surface area contributed by atoms with Gasteiger partial charge in [0, 0.05) is 12.6 Å². The van der Waals surface area contributed by atoms with Crippen LogP contribution in [0.1, 0.15) is 18.9 Å². The van der Waals surface area contributed by atoms with E-state index in [1.165, 1.54) is 10.7 Å². The summed E-state index contributed by atoms with van der Waals surface area (Å²) in [5.74, 6) is 0.289. The highest BCUT2D eigenvalue weighted by atomic mass is 16.6. The second kappa shape index (κ2) is 6.25. The van der Waals surface area contributed by atoms with Crippen LogP contribution in [0.2, 0.25) is 0 Å². The third-order valence-corrected chi connectivity index (χ3v) is 3.84. The van der Waals surface area contributed by atoms with Crippen molar-refractivity contribution >= 4 is 17.3 Å². The summed E-state index contributed by atoms with van der Waals surface area (Å²) >= 11 is 0. The van der Waals surface area contributed by atoms with Crippen LogP contribution in [0.15, 0.2) is 48.7 Å². The zero-order valence-corrected chi connectivity index (χ0v) is 13.1. The molecule has 1 unspecified atom stereocenters. The van der Waals surface area contributed by atoms with E-state index in [0.29, 0.717) is 24.4 Å². The Labute approximate surface area is 137 Å². The molecular formula is C16H17N5O3. The molecule has 0 bridgehead atoms. The van der Waals surface area contributed by atoms with E-state index in [4.69, 9.17) is 0 Å². The zero-order valence-electron chi connectivity index (χ0n) is 13.1. The Morgan fingerprint density at radius 3 is 2.75 bits per heavy atom. The molecule has 3 aromatic rings. The van der Waals surface area contributed by atoms with E-state index < -0.39 is 10.5 Å². The number of nitrogens with zero attached hydrogens (tertiary/aromatic N) is 4. The number of fused-ring (bicyclic) bond motifs is 1. The van der Waals surface area contributed by atoms with Gasteiger partial charge in [-0.15, -0.1) is 0 Å². The smallest absolute Gasteiger partial charge is 0.368 e. The van der Waals surface area contributed by atoms with Crippen molar-refractivity contribution in [3.8, 4) is 0 Å². The highest BCUT2D eigenvalue weighted by molar-refractivity contribution is 5.48. The van der Waals surface area contributed by atoms with E-state index in [1.807, 2.05) is 30.3 Å². The monoisotopic (exact) mass is 327 g/mol. The summed E-state index contributed by atoms with van der Waals surface area (Å²) < 4.78 is 1.18. The molecule has 8 heteroatoms. The minimum Gasteiger partial charge on any atom is -0.385 e. The van der Waals surface area contributed by atoms with Gasteiger partial charge < -0.3 is 20.5 Å². The van der Waals surface area contributed by atoms with Crippen LogP contribution in [0.3, 0.4) is 0 Å². The molecule has 2 heterocycles. The SMILES string of the molecule is CC(O)(CCNc1ccc2ncc([N+](=O)[O-])n2n1)c1ccccc1. The number of aliphatic hydroxyl groups is 1. The first-order chi connectivity index (χ1) is 11.5. The summed E-state index contributed by atoms with van der Waals surface area (Å²) in [5, 5.41) is 28.7. The fourth-order valence-corrected chi connectivity index (χ4v) is 2.46. The molecule has 24 heavy (non-hydrogen) atoms. The van der Waals surface area contributed by atoms with E-state index in [9.17, 15) is 15.2 Å². The average Bonchev–Trinajstić information content (AvgIpc) is 2.99. The molecule has 3 rings (SSSR count). The van der Waals surface area contributed by atoms with E-state index in [-0.39, 0.29) is 5.82 Å². The van der Waals surface area contributed by atoms with Gasteiger partial charge in [-0.2, -0.15) is 0 Å². The minimum absolute atomic E-state index is 0.190. The van der Waals surface area contributed by atoms with Gasteiger partial charge in [0.1, 0.15) is 6.20 Å². The van der Waals surface area contributed by atoms with E-state index in [1.54, 1.807) is 19.1 Å². The predicted molar refractivity (Wildman–Crippen MR) is 88.8 cm³/mol.